The molecule has 7 heteroatoms. The van der Waals surface area contributed by atoms with Crippen molar-refractivity contribution in [3.8, 4) is 0 Å². The summed E-state index contributed by atoms with van der Waals surface area (Å²) in [5.74, 6) is 1.10. The van der Waals surface area contributed by atoms with Crippen LogP contribution in [0.3, 0.4) is 0 Å². The minimum atomic E-state index is -0.440. The molecule has 0 bridgehead atoms. The predicted molar refractivity (Wildman–Crippen MR) is 79.6 cm³/mol. The van der Waals surface area contributed by atoms with Gasteiger partial charge in [-0.2, -0.15) is 25.3 Å². The SMILES string of the molecule is CC(CS)N(C(=O)OCC(Cl)=CCl)C(C)CS. The third kappa shape index (κ3) is 6.13. The van der Waals surface area contributed by atoms with E-state index in [9.17, 15) is 4.79 Å². The van der Waals surface area contributed by atoms with Gasteiger partial charge in [0.2, 0.25) is 0 Å². The fourth-order valence-corrected chi connectivity index (χ4v) is 1.68. The monoisotopic (exact) mass is 317 g/mol. The van der Waals surface area contributed by atoms with Crippen molar-refractivity contribution in [3.63, 3.8) is 0 Å². The molecule has 0 saturated carbocycles. The summed E-state index contributed by atoms with van der Waals surface area (Å²) >= 11 is 19.4. The Bertz CT molecular complexity index is 267. The third-order valence-electron chi connectivity index (χ3n) is 2.14. The molecule has 2 unspecified atom stereocenters. The number of amides is 1. The molecular weight excluding hydrogens is 301 g/mol. The number of hydrogen-bond donors (Lipinski definition) is 2. The number of nitrogens with zero attached hydrogens (tertiary/aromatic N) is 1. The molecular formula is C10H17Cl2NO2S2. The second-order valence-electron chi connectivity index (χ2n) is 3.58. The normalized spacial score (nSPS) is 15.3. The van der Waals surface area contributed by atoms with E-state index in [1.165, 1.54) is 5.54 Å². The van der Waals surface area contributed by atoms with Gasteiger partial charge in [-0.15, -0.1) is 0 Å². The van der Waals surface area contributed by atoms with E-state index in [2.05, 4.69) is 25.3 Å². The summed E-state index contributed by atoms with van der Waals surface area (Å²) in [6, 6.07) is -0.0709. The Morgan fingerprint density at radius 2 is 1.82 bits per heavy atom. The second kappa shape index (κ2) is 9.25. The van der Waals surface area contributed by atoms with Crippen LogP contribution in [0.4, 0.5) is 4.79 Å². The molecule has 0 aliphatic rings. The van der Waals surface area contributed by atoms with Gasteiger partial charge in [0.15, 0.2) is 0 Å². The van der Waals surface area contributed by atoms with Gasteiger partial charge in [-0.3, -0.25) is 0 Å². The van der Waals surface area contributed by atoms with Crippen LogP contribution < -0.4 is 0 Å². The van der Waals surface area contributed by atoms with Crippen molar-refractivity contribution in [3.05, 3.63) is 10.6 Å². The maximum absolute atomic E-state index is 11.9. The highest BCUT2D eigenvalue weighted by Gasteiger charge is 2.25. The van der Waals surface area contributed by atoms with E-state index in [4.69, 9.17) is 27.9 Å². The zero-order chi connectivity index (χ0) is 13.4. The summed E-state index contributed by atoms with van der Waals surface area (Å²) in [6.45, 7) is 3.76. The van der Waals surface area contributed by atoms with Crippen molar-refractivity contribution in [1.82, 2.24) is 4.90 Å². The van der Waals surface area contributed by atoms with Crippen LogP contribution in [0.2, 0.25) is 0 Å². The second-order valence-corrected chi connectivity index (χ2v) is 5.02. The van der Waals surface area contributed by atoms with Crippen LogP contribution in [0.15, 0.2) is 10.6 Å². The third-order valence-corrected chi connectivity index (χ3v) is 3.79. The fraction of sp³-hybridized carbons (Fsp3) is 0.700. The highest BCUT2D eigenvalue weighted by atomic mass is 35.5. The summed E-state index contributed by atoms with van der Waals surface area (Å²) in [6.07, 6.45) is -0.440. The van der Waals surface area contributed by atoms with E-state index >= 15 is 0 Å². The lowest BCUT2D eigenvalue weighted by Crippen LogP contribution is -2.46. The lowest BCUT2D eigenvalue weighted by molar-refractivity contribution is 0.0887. The topological polar surface area (TPSA) is 29.5 Å². The molecule has 0 aromatic carbocycles. The summed E-state index contributed by atoms with van der Waals surface area (Å²) < 4.78 is 5.04. The van der Waals surface area contributed by atoms with E-state index < -0.39 is 6.09 Å². The standard InChI is InChI=1S/C10H17Cl2NO2S2/c1-7(5-16)13(8(2)6-17)10(14)15-4-9(12)3-11/h3,7-8,16-17H,4-6H2,1-2H3. The van der Waals surface area contributed by atoms with Crippen molar-refractivity contribution < 1.29 is 9.53 Å². The number of ether oxygens (including phenoxy) is 1. The number of thiol groups is 2. The van der Waals surface area contributed by atoms with Gasteiger partial charge in [-0.25, -0.2) is 4.79 Å². The van der Waals surface area contributed by atoms with Crippen molar-refractivity contribution in [1.29, 1.82) is 0 Å². The number of hydrogen-bond acceptors (Lipinski definition) is 4. The van der Waals surface area contributed by atoms with Gasteiger partial charge < -0.3 is 9.64 Å². The summed E-state index contributed by atoms with van der Waals surface area (Å²) in [5.41, 5.74) is 1.17. The Balaban J connectivity index is 4.53. The van der Waals surface area contributed by atoms with Crippen LogP contribution in [-0.2, 0) is 4.74 Å². The molecule has 0 aliphatic carbocycles. The number of halogens is 2. The first-order valence-corrected chi connectivity index (χ1v) is 7.17. The molecule has 0 heterocycles. The fourth-order valence-electron chi connectivity index (χ4n) is 1.21. The van der Waals surface area contributed by atoms with Crippen molar-refractivity contribution in [2.24, 2.45) is 0 Å². The lowest BCUT2D eigenvalue weighted by atomic mass is 10.2. The molecule has 0 aliphatic heterocycles. The van der Waals surface area contributed by atoms with Gasteiger partial charge in [-0.1, -0.05) is 23.2 Å². The largest absolute Gasteiger partial charge is 0.444 e. The van der Waals surface area contributed by atoms with Crippen LogP contribution in [-0.4, -0.2) is 41.2 Å². The Kier molecular flexibility index (Phi) is 9.41. The first kappa shape index (κ1) is 17.3. The quantitative estimate of drug-likeness (QED) is 0.735. The van der Waals surface area contributed by atoms with Gasteiger partial charge >= 0.3 is 6.09 Å². The highest BCUT2D eigenvalue weighted by molar-refractivity contribution is 7.80. The van der Waals surface area contributed by atoms with Crippen LogP contribution in [0.5, 0.6) is 0 Å². The molecule has 1 amide bonds. The molecule has 0 saturated heterocycles. The average molecular weight is 318 g/mol. The van der Waals surface area contributed by atoms with E-state index in [0.29, 0.717) is 11.5 Å². The Labute approximate surface area is 123 Å². The maximum atomic E-state index is 11.9. The summed E-state index contributed by atoms with van der Waals surface area (Å²) in [5, 5.41) is 0.275. The van der Waals surface area contributed by atoms with Gasteiger partial charge in [0.05, 0.1) is 5.03 Å². The smallest absolute Gasteiger partial charge is 0.410 e. The van der Waals surface area contributed by atoms with Gasteiger partial charge in [0.25, 0.3) is 0 Å². The highest BCUT2D eigenvalue weighted by Crippen LogP contribution is 2.12. The van der Waals surface area contributed by atoms with E-state index in [1.807, 2.05) is 13.8 Å². The number of rotatable bonds is 6. The van der Waals surface area contributed by atoms with Crippen molar-refractivity contribution in [2.45, 2.75) is 25.9 Å². The molecule has 0 fully saturated rings. The van der Waals surface area contributed by atoms with E-state index in [-0.39, 0.29) is 23.7 Å². The Hall–Kier alpha value is 0.290. The van der Waals surface area contributed by atoms with Gasteiger partial charge in [0.1, 0.15) is 6.61 Å². The average Bonchev–Trinajstić information content (AvgIpc) is 2.35. The molecule has 3 nitrogen and oxygen atoms in total. The minimum absolute atomic E-state index is 0.0288. The van der Waals surface area contributed by atoms with Gasteiger partial charge in [0, 0.05) is 29.1 Å². The molecule has 0 rings (SSSR count). The zero-order valence-corrected chi connectivity index (χ0v) is 13.1. The van der Waals surface area contributed by atoms with Crippen LogP contribution in [0, 0.1) is 0 Å². The molecule has 0 aromatic rings. The lowest BCUT2D eigenvalue weighted by Gasteiger charge is -2.32. The van der Waals surface area contributed by atoms with E-state index in [1.54, 1.807) is 4.90 Å². The van der Waals surface area contributed by atoms with Crippen LogP contribution in [0.25, 0.3) is 0 Å². The van der Waals surface area contributed by atoms with Crippen LogP contribution >= 0.6 is 48.5 Å². The molecule has 17 heavy (non-hydrogen) atoms. The maximum Gasteiger partial charge on any atom is 0.410 e. The first-order chi connectivity index (χ1) is 7.97. The molecule has 0 aromatic heterocycles. The minimum Gasteiger partial charge on any atom is -0.444 e. The zero-order valence-electron chi connectivity index (χ0n) is 9.77. The molecule has 100 valence electrons. The predicted octanol–water partition coefficient (Wildman–Crippen LogP) is 3.38. The Morgan fingerprint density at radius 3 is 2.18 bits per heavy atom. The number of carbonyl (C=O) groups excluding carboxylic acids is 1. The van der Waals surface area contributed by atoms with Gasteiger partial charge in [-0.05, 0) is 13.8 Å². The van der Waals surface area contributed by atoms with Crippen LogP contribution in [0.1, 0.15) is 13.8 Å². The van der Waals surface area contributed by atoms with Crippen molar-refractivity contribution >= 4 is 54.6 Å². The van der Waals surface area contributed by atoms with Crippen molar-refractivity contribution in [2.75, 3.05) is 18.1 Å². The molecule has 0 spiro atoms. The number of carbonyl (C=O) groups is 1. The summed E-state index contributed by atoms with van der Waals surface area (Å²) in [4.78, 5) is 13.5. The summed E-state index contributed by atoms with van der Waals surface area (Å²) in [7, 11) is 0. The molecule has 0 N–H and O–H groups in total. The molecule has 0 radical (unpaired) electrons. The first-order valence-electron chi connectivity index (χ1n) is 5.09. The Morgan fingerprint density at radius 1 is 1.35 bits per heavy atom. The molecule has 2 atom stereocenters. The van der Waals surface area contributed by atoms with E-state index in [0.717, 1.165) is 0 Å².